The summed E-state index contributed by atoms with van der Waals surface area (Å²) < 4.78 is 5.32. The van der Waals surface area contributed by atoms with Gasteiger partial charge < -0.3 is 10.1 Å². The van der Waals surface area contributed by atoms with Crippen molar-refractivity contribution >= 4 is 0 Å². The fourth-order valence-corrected chi connectivity index (χ4v) is 1.77. The van der Waals surface area contributed by atoms with Crippen LogP contribution >= 0.6 is 0 Å². The van der Waals surface area contributed by atoms with Gasteiger partial charge in [0.25, 0.3) is 0 Å². The highest BCUT2D eigenvalue weighted by Crippen LogP contribution is 2.19. The maximum atomic E-state index is 8.70. The molecular formula is C14H20N2O. The highest BCUT2D eigenvalue weighted by Gasteiger charge is 2.07. The third-order valence-electron chi connectivity index (χ3n) is 2.85. The van der Waals surface area contributed by atoms with Crippen molar-refractivity contribution in [3.8, 4) is 11.8 Å². The van der Waals surface area contributed by atoms with Crippen LogP contribution in [-0.4, -0.2) is 13.2 Å². The first kappa shape index (κ1) is 13.5. The van der Waals surface area contributed by atoms with Crippen LogP contribution in [0, 0.1) is 18.3 Å². The number of nitriles is 1. The summed E-state index contributed by atoms with van der Waals surface area (Å²) in [6.07, 6.45) is 1.51. The van der Waals surface area contributed by atoms with Crippen molar-refractivity contribution in [3.63, 3.8) is 0 Å². The van der Waals surface area contributed by atoms with E-state index in [1.807, 2.05) is 12.1 Å². The molecule has 1 aromatic carbocycles. The largest absolute Gasteiger partial charge is 0.496 e. The quantitative estimate of drug-likeness (QED) is 0.820. The van der Waals surface area contributed by atoms with E-state index in [2.05, 4.69) is 31.3 Å². The van der Waals surface area contributed by atoms with E-state index < -0.39 is 0 Å². The number of benzene rings is 1. The Morgan fingerprint density at radius 1 is 1.47 bits per heavy atom. The standard InChI is InChI=1S/C14H20N2O/c1-4-13(7-8-15)16-10-12-9-11(2)5-6-14(12)17-3/h5-6,9,13,16H,4,7,10H2,1-3H3. The Morgan fingerprint density at radius 2 is 2.24 bits per heavy atom. The van der Waals surface area contributed by atoms with E-state index in [1.165, 1.54) is 5.56 Å². The van der Waals surface area contributed by atoms with Crippen LogP contribution in [0.3, 0.4) is 0 Å². The molecule has 0 saturated heterocycles. The van der Waals surface area contributed by atoms with E-state index in [0.29, 0.717) is 6.42 Å². The zero-order valence-corrected chi connectivity index (χ0v) is 10.8. The van der Waals surface area contributed by atoms with Crippen molar-refractivity contribution in [2.75, 3.05) is 7.11 Å². The van der Waals surface area contributed by atoms with Gasteiger partial charge in [0.15, 0.2) is 0 Å². The van der Waals surface area contributed by atoms with Gasteiger partial charge >= 0.3 is 0 Å². The molecule has 0 bridgehead atoms. The smallest absolute Gasteiger partial charge is 0.123 e. The maximum absolute atomic E-state index is 8.70. The molecule has 17 heavy (non-hydrogen) atoms. The summed E-state index contributed by atoms with van der Waals surface area (Å²) in [5, 5.41) is 12.1. The van der Waals surface area contributed by atoms with Gasteiger partial charge in [-0.25, -0.2) is 0 Å². The number of hydrogen-bond acceptors (Lipinski definition) is 3. The van der Waals surface area contributed by atoms with Gasteiger partial charge in [-0.05, 0) is 19.4 Å². The van der Waals surface area contributed by atoms with Crippen molar-refractivity contribution in [2.24, 2.45) is 0 Å². The van der Waals surface area contributed by atoms with Crippen LogP contribution in [0.4, 0.5) is 0 Å². The molecule has 1 N–H and O–H groups in total. The van der Waals surface area contributed by atoms with Crippen molar-refractivity contribution < 1.29 is 4.74 Å². The van der Waals surface area contributed by atoms with Crippen LogP contribution in [0.2, 0.25) is 0 Å². The molecule has 0 fully saturated rings. The Labute approximate surface area is 103 Å². The number of methoxy groups -OCH3 is 1. The number of ether oxygens (including phenoxy) is 1. The van der Waals surface area contributed by atoms with E-state index in [4.69, 9.17) is 10.00 Å². The summed E-state index contributed by atoms with van der Waals surface area (Å²) in [6.45, 7) is 4.89. The highest BCUT2D eigenvalue weighted by atomic mass is 16.5. The first-order chi connectivity index (χ1) is 8.21. The minimum absolute atomic E-state index is 0.255. The van der Waals surface area contributed by atoms with Crippen molar-refractivity contribution in [3.05, 3.63) is 29.3 Å². The zero-order valence-electron chi connectivity index (χ0n) is 10.8. The van der Waals surface area contributed by atoms with Gasteiger partial charge in [-0.15, -0.1) is 0 Å². The molecular weight excluding hydrogens is 212 g/mol. The van der Waals surface area contributed by atoms with Gasteiger partial charge in [0.1, 0.15) is 5.75 Å². The van der Waals surface area contributed by atoms with Crippen LogP contribution in [0.5, 0.6) is 5.75 Å². The molecule has 0 aliphatic carbocycles. The molecule has 0 radical (unpaired) electrons. The minimum Gasteiger partial charge on any atom is -0.496 e. The molecule has 0 aromatic heterocycles. The molecule has 92 valence electrons. The monoisotopic (exact) mass is 232 g/mol. The van der Waals surface area contributed by atoms with E-state index >= 15 is 0 Å². The van der Waals surface area contributed by atoms with Gasteiger partial charge in [-0.2, -0.15) is 5.26 Å². The summed E-state index contributed by atoms with van der Waals surface area (Å²) >= 11 is 0. The second-order valence-electron chi connectivity index (χ2n) is 4.16. The lowest BCUT2D eigenvalue weighted by Crippen LogP contribution is -2.27. The van der Waals surface area contributed by atoms with Gasteiger partial charge in [-0.1, -0.05) is 24.6 Å². The molecule has 1 unspecified atom stereocenters. The van der Waals surface area contributed by atoms with Crippen LogP contribution in [0.15, 0.2) is 18.2 Å². The molecule has 0 heterocycles. The van der Waals surface area contributed by atoms with Gasteiger partial charge in [0.2, 0.25) is 0 Å². The zero-order chi connectivity index (χ0) is 12.7. The fraction of sp³-hybridized carbons (Fsp3) is 0.500. The molecule has 0 amide bonds. The van der Waals surface area contributed by atoms with Crippen LogP contribution in [0.1, 0.15) is 30.9 Å². The fourth-order valence-electron chi connectivity index (χ4n) is 1.77. The molecule has 0 aliphatic rings. The molecule has 3 heteroatoms. The Hall–Kier alpha value is -1.53. The molecule has 1 atom stereocenters. The van der Waals surface area contributed by atoms with Gasteiger partial charge in [0.05, 0.1) is 19.6 Å². The van der Waals surface area contributed by atoms with E-state index in [9.17, 15) is 0 Å². The van der Waals surface area contributed by atoms with Crippen LogP contribution in [0.25, 0.3) is 0 Å². The summed E-state index contributed by atoms with van der Waals surface area (Å²) in [6, 6.07) is 8.59. The van der Waals surface area contributed by atoms with Crippen molar-refractivity contribution in [1.82, 2.24) is 5.32 Å². The summed E-state index contributed by atoms with van der Waals surface area (Å²) in [5.41, 5.74) is 2.36. The van der Waals surface area contributed by atoms with E-state index in [-0.39, 0.29) is 6.04 Å². The number of aryl methyl sites for hydroxylation is 1. The predicted octanol–water partition coefficient (Wildman–Crippen LogP) is 2.79. The molecule has 1 aromatic rings. The second-order valence-corrected chi connectivity index (χ2v) is 4.16. The molecule has 0 spiro atoms. The van der Waals surface area contributed by atoms with Crippen LogP contribution < -0.4 is 10.1 Å². The average molecular weight is 232 g/mol. The second kappa shape index (κ2) is 6.93. The van der Waals surface area contributed by atoms with Crippen molar-refractivity contribution in [1.29, 1.82) is 5.26 Å². The maximum Gasteiger partial charge on any atom is 0.123 e. The molecule has 1 rings (SSSR count). The molecule has 0 saturated carbocycles. The van der Waals surface area contributed by atoms with E-state index in [0.717, 1.165) is 24.3 Å². The van der Waals surface area contributed by atoms with Gasteiger partial charge in [-0.3, -0.25) is 0 Å². The first-order valence-electron chi connectivity index (χ1n) is 5.95. The third kappa shape index (κ3) is 4.08. The number of nitrogens with one attached hydrogen (secondary N) is 1. The number of hydrogen-bond donors (Lipinski definition) is 1. The van der Waals surface area contributed by atoms with E-state index in [1.54, 1.807) is 7.11 Å². The lowest BCUT2D eigenvalue weighted by molar-refractivity contribution is 0.404. The lowest BCUT2D eigenvalue weighted by atomic mass is 10.1. The summed E-state index contributed by atoms with van der Waals surface area (Å²) in [4.78, 5) is 0. The van der Waals surface area contributed by atoms with Gasteiger partial charge in [0, 0.05) is 18.2 Å². The SMILES string of the molecule is CCC(CC#N)NCc1cc(C)ccc1OC. The summed E-state index contributed by atoms with van der Waals surface area (Å²) in [7, 11) is 1.68. The summed E-state index contributed by atoms with van der Waals surface area (Å²) in [5.74, 6) is 0.898. The first-order valence-corrected chi connectivity index (χ1v) is 5.95. The molecule has 0 aliphatic heterocycles. The Balaban J connectivity index is 2.67. The minimum atomic E-state index is 0.255. The van der Waals surface area contributed by atoms with Crippen LogP contribution in [-0.2, 0) is 6.54 Å². The Kier molecular flexibility index (Phi) is 5.51. The lowest BCUT2D eigenvalue weighted by Gasteiger charge is -2.15. The number of nitrogens with zero attached hydrogens (tertiary/aromatic N) is 1. The van der Waals surface area contributed by atoms with Crippen molar-refractivity contribution in [2.45, 2.75) is 39.3 Å². The highest BCUT2D eigenvalue weighted by molar-refractivity contribution is 5.36. The number of rotatable bonds is 6. The Bertz CT molecular complexity index is 396. The normalized spacial score (nSPS) is 11.9. The third-order valence-corrected chi connectivity index (χ3v) is 2.85. The molecule has 3 nitrogen and oxygen atoms in total. The predicted molar refractivity (Wildman–Crippen MR) is 68.9 cm³/mol. The average Bonchev–Trinajstić information content (AvgIpc) is 2.34. The Morgan fingerprint density at radius 3 is 2.82 bits per heavy atom. The topological polar surface area (TPSA) is 45.0 Å².